The van der Waals surface area contributed by atoms with Crippen LogP contribution in [0, 0.1) is 0 Å². The van der Waals surface area contributed by atoms with Crippen molar-refractivity contribution in [2.75, 3.05) is 45.2 Å². The molecule has 8 heteroatoms. The molecule has 0 unspecified atom stereocenters. The molecule has 1 spiro atoms. The lowest BCUT2D eigenvalue weighted by Gasteiger charge is -2.53. The largest absolute Gasteiger partial charge is 0.377 e. The van der Waals surface area contributed by atoms with E-state index in [2.05, 4.69) is 22.6 Å². The number of nitrogens with one attached hydrogen (secondary N) is 2. The van der Waals surface area contributed by atoms with Crippen molar-refractivity contribution in [2.24, 2.45) is 0 Å². The predicted molar refractivity (Wildman–Crippen MR) is 120 cm³/mol. The second-order valence-electron chi connectivity index (χ2n) is 8.26. The fourth-order valence-corrected chi connectivity index (χ4v) is 4.00. The third-order valence-corrected chi connectivity index (χ3v) is 6.28. The summed E-state index contributed by atoms with van der Waals surface area (Å²) in [7, 11) is 2.10. The van der Waals surface area contributed by atoms with E-state index in [1.165, 1.54) is 0 Å². The van der Waals surface area contributed by atoms with Gasteiger partial charge < -0.3 is 20.3 Å². The van der Waals surface area contributed by atoms with E-state index in [1.807, 2.05) is 41.3 Å². The maximum atomic E-state index is 12.8. The number of piperazine rings is 1. The lowest BCUT2D eigenvalue weighted by Crippen LogP contribution is -2.71. The molecule has 2 fully saturated rings. The van der Waals surface area contributed by atoms with Gasteiger partial charge in [0.2, 0.25) is 5.91 Å². The van der Waals surface area contributed by atoms with Gasteiger partial charge in [-0.05, 0) is 42.4 Å². The summed E-state index contributed by atoms with van der Waals surface area (Å²) in [6, 6.07) is 14.4. The van der Waals surface area contributed by atoms with Crippen LogP contribution in [0.2, 0.25) is 5.02 Å². The number of carbonyl (C=O) groups is 2. The Bertz CT molecular complexity index is 929. The predicted octanol–water partition coefficient (Wildman–Crippen LogP) is 2.75. The number of anilines is 1. The minimum absolute atomic E-state index is 0.0128. The molecule has 2 saturated heterocycles. The van der Waals surface area contributed by atoms with E-state index in [0.717, 1.165) is 30.8 Å². The van der Waals surface area contributed by atoms with Gasteiger partial charge in [0.05, 0.1) is 25.2 Å². The maximum Gasteiger partial charge on any atom is 0.319 e. The molecule has 0 aromatic heterocycles. The molecule has 0 aliphatic carbocycles. The van der Waals surface area contributed by atoms with Gasteiger partial charge in [0, 0.05) is 36.9 Å². The van der Waals surface area contributed by atoms with Gasteiger partial charge in [-0.3, -0.25) is 9.69 Å². The molecule has 2 aliphatic heterocycles. The number of likely N-dealkylation sites (N-methyl/N-ethyl adjacent to an activating group) is 1. The van der Waals surface area contributed by atoms with Crippen LogP contribution in [0.4, 0.5) is 10.5 Å². The summed E-state index contributed by atoms with van der Waals surface area (Å²) < 4.78 is 5.40. The molecule has 2 aromatic carbocycles. The van der Waals surface area contributed by atoms with E-state index in [4.69, 9.17) is 16.3 Å². The molecule has 0 radical (unpaired) electrons. The molecule has 0 atom stereocenters. The normalized spacial score (nSPS) is 17.8. The van der Waals surface area contributed by atoms with Crippen molar-refractivity contribution in [3.8, 4) is 0 Å². The highest BCUT2D eigenvalue weighted by Gasteiger charge is 2.46. The maximum absolute atomic E-state index is 12.8. The molecule has 0 bridgehead atoms. The fourth-order valence-electron chi connectivity index (χ4n) is 3.88. The van der Waals surface area contributed by atoms with Gasteiger partial charge in [-0.1, -0.05) is 35.9 Å². The fraction of sp³-hybridized carbons (Fsp3) is 0.391. The van der Waals surface area contributed by atoms with Crippen molar-refractivity contribution in [3.05, 3.63) is 64.7 Å². The number of urea groups is 1. The molecular weight excluding hydrogens is 416 g/mol. The number of amides is 3. The first-order valence-electron chi connectivity index (χ1n) is 10.4. The molecule has 2 heterocycles. The zero-order valence-electron chi connectivity index (χ0n) is 17.6. The molecule has 2 N–H and O–H groups in total. The summed E-state index contributed by atoms with van der Waals surface area (Å²) in [5.74, 6) is 0.126. The molecule has 4 rings (SSSR count). The lowest BCUT2D eigenvalue weighted by atomic mass is 9.92. The van der Waals surface area contributed by atoms with Gasteiger partial charge in [-0.15, -0.1) is 0 Å². The Labute approximate surface area is 187 Å². The number of nitrogens with zero attached hydrogens (tertiary/aromatic N) is 2. The van der Waals surface area contributed by atoms with E-state index in [0.29, 0.717) is 36.9 Å². The number of carbonyl (C=O) groups excluding carboxylic acids is 2. The second-order valence-corrected chi connectivity index (χ2v) is 8.70. The molecule has 164 valence electrons. The molecule has 3 amide bonds. The average Bonchev–Trinajstić information content (AvgIpc) is 2.74. The summed E-state index contributed by atoms with van der Waals surface area (Å²) in [6.45, 7) is 4.11. The average molecular weight is 443 g/mol. The number of ether oxygens (including phenoxy) is 1. The first-order valence-corrected chi connectivity index (χ1v) is 10.8. The van der Waals surface area contributed by atoms with Crippen LogP contribution in [0.25, 0.3) is 0 Å². The number of rotatable bonds is 5. The zero-order chi connectivity index (χ0) is 21.8. The monoisotopic (exact) mass is 442 g/mol. The molecule has 0 saturated carbocycles. The van der Waals surface area contributed by atoms with Crippen molar-refractivity contribution in [3.63, 3.8) is 0 Å². The van der Waals surface area contributed by atoms with E-state index >= 15 is 0 Å². The van der Waals surface area contributed by atoms with Gasteiger partial charge in [0.15, 0.2) is 0 Å². The Kier molecular flexibility index (Phi) is 6.46. The number of benzene rings is 2. The van der Waals surface area contributed by atoms with Crippen LogP contribution in [-0.2, 0) is 22.5 Å². The molecule has 31 heavy (non-hydrogen) atoms. The molecule has 2 aliphatic rings. The quantitative estimate of drug-likeness (QED) is 0.746. The van der Waals surface area contributed by atoms with Crippen LogP contribution in [0.3, 0.4) is 0 Å². The van der Waals surface area contributed by atoms with Gasteiger partial charge in [-0.2, -0.15) is 0 Å². The Morgan fingerprint density at radius 1 is 1.03 bits per heavy atom. The van der Waals surface area contributed by atoms with Crippen molar-refractivity contribution in [1.29, 1.82) is 0 Å². The van der Waals surface area contributed by atoms with Crippen LogP contribution in [-0.4, -0.2) is 67.2 Å². The minimum atomic E-state index is -0.288. The molecule has 7 nitrogen and oxygen atoms in total. The van der Waals surface area contributed by atoms with E-state index in [-0.39, 0.29) is 17.5 Å². The molecular formula is C23H27ClN4O3. The number of hydrogen-bond donors (Lipinski definition) is 2. The highest BCUT2D eigenvalue weighted by Crippen LogP contribution is 2.28. The van der Waals surface area contributed by atoms with E-state index in [1.54, 1.807) is 12.1 Å². The highest BCUT2D eigenvalue weighted by molar-refractivity contribution is 6.30. The first kappa shape index (κ1) is 21.6. The standard InChI is InChI=1S/C23H27ClN4O3/c1-27-10-11-28(14-23(27)15-31-16-23)21(29)12-17-4-8-20(9-5-17)26-22(30)25-13-18-2-6-19(24)7-3-18/h2-9H,10-16H2,1H3,(H2,25,26,30). The number of hydrogen-bond acceptors (Lipinski definition) is 4. The summed E-state index contributed by atoms with van der Waals surface area (Å²) in [5.41, 5.74) is 2.55. The second kappa shape index (κ2) is 9.26. The van der Waals surface area contributed by atoms with Crippen LogP contribution in [0.15, 0.2) is 48.5 Å². The third-order valence-electron chi connectivity index (χ3n) is 6.03. The van der Waals surface area contributed by atoms with Crippen molar-refractivity contribution >= 4 is 29.2 Å². The summed E-state index contributed by atoms with van der Waals surface area (Å²) >= 11 is 5.87. The number of halogens is 1. The third kappa shape index (κ3) is 5.18. The zero-order valence-corrected chi connectivity index (χ0v) is 18.3. The van der Waals surface area contributed by atoms with E-state index in [9.17, 15) is 9.59 Å². The van der Waals surface area contributed by atoms with Gasteiger partial charge >= 0.3 is 6.03 Å². The van der Waals surface area contributed by atoms with Crippen molar-refractivity contribution in [1.82, 2.24) is 15.1 Å². The van der Waals surface area contributed by atoms with Crippen molar-refractivity contribution in [2.45, 2.75) is 18.5 Å². The summed E-state index contributed by atoms with van der Waals surface area (Å²) in [5, 5.41) is 6.28. The first-order chi connectivity index (χ1) is 14.9. The van der Waals surface area contributed by atoms with E-state index < -0.39 is 0 Å². The Morgan fingerprint density at radius 3 is 2.35 bits per heavy atom. The van der Waals surface area contributed by atoms with Crippen LogP contribution >= 0.6 is 11.6 Å². The Morgan fingerprint density at radius 2 is 1.71 bits per heavy atom. The van der Waals surface area contributed by atoms with Crippen LogP contribution < -0.4 is 10.6 Å². The minimum Gasteiger partial charge on any atom is -0.377 e. The molecule has 2 aromatic rings. The summed E-state index contributed by atoms with van der Waals surface area (Å²) in [6.07, 6.45) is 0.351. The van der Waals surface area contributed by atoms with Crippen LogP contribution in [0.5, 0.6) is 0 Å². The highest BCUT2D eigenvalue weighted by atomic mass is 35.5. The summed E-state index contributed by atoms with van der Waals surface area (Å²) in [4.78, 5) is 29.2. The van der Waals surface area contributed by atoms with Crippen molar-refractivity contribution < 1.29 is 14.3 Å². The SMILES string of the molecule is CN1CCN(C(=O)Cc2ccc(NC(=O)NCc3ccc(Cl)cc3)cc2)CC12COC2. The van der Waals surface area contributed by atoms with Gasteiger partial charge in [0.1, 0.15) is 0 Å². The lowest BCUT2D eigenvalue weighted by molar-refractivity contribution is -0.170. The topological polar surface area (TPSA) is 73.9 Å². The van der Waals surface area contributed by atoms with Gasteiger partial charge in [-0.25, -0.2) is 4.79 Å². The van der Waals surface area contributed by atoms with Gasteiger partial charge in [0.25, 0.3) is 0 Å². The van der Waals surface area contributed by atoms with Crippen LogP contribution in [0.1, 0.15) is 11.1 Å². The Balaban J connectivity index is 1.25. The Hall–Kier alpha value is -2.61. The smallest absolute Gasteiger partial charge is 0.319 e.